The van der Waals surface area contributed by atoms with Crippen molar-refractivity contribution in [1.29, 1.82) is 0 Å². The number of benzene rings is 1. The maximum absolute atomic E-state index is 13.4. The van der Waals surface area contributed by atoms with Crippen LogP contribution in [-0.2, 0) is 9.53 Å². The Balaban J connectivity index is 0.00000480. The Kier molecular flexibility index (Phi) is 12.3. The van der Waals surface area contributed by atoms with E-state index in [-0.39, 0.29) is 41.7 Å². The molecule has 1 atom stereocenters. The van der Waals surface area contributed by atoms with Crippen molar-refractivity contribution in [3.63, 3.8) is 0 Å². The Morgan fingerprint density at radius 1 is 1.13 bits per heavy atom. The van der Waals surface area contributed by atoms with Gasteiger partial charge in [0.1, 0.15) is 5.82 Å². The monoisotopic (exact) mass is 549 g/mol. The molecule has 9 heteroatoms. The third-order valence-electron chi connectivity index (χ3n) is 4.89. The fourth-order valence-electron chi connectivity index (χ4n) is 3.15. The summed E-state index contributed by atoms with van der Waals surface area (Å²) in [5.74, 6) is 0.480. The molecule has 0 spiro atoms. The molecule has 1 aliphatic rings. The molecule has 1 fully saturated rings. The zero-order valence-electron chi connectivity index (χ0n) is 19.0. The summed E-state index contributed by atoms with van der Waals surface area (Å²) in [6.45, 7) is 13.1. The number of hydrogen-bond acceptors (Lipinski definition) is 4. The third kappa shape index (κ3) is 9.69. The van der Waals surface area contributed by atoms with E-state index in [1.165, 1.54) is 12.1 Å². The summed E-state index contributed by atoms with van der Waals surface area (Å²) >= 11 is 0. The lowest BCUT2D eigenvalue weighted by molar-refractivity contribution is -0.128. The largest absolute Gasteiger partial charge is 0.379 e. The molecule has 3 N–H and O–H groups in total. The zero-order valence-corrected chi connectivity index (χ0v) is 21.4. The minimum atomic E-state index is -0.404. The SMILES string of the molecule is CCNC(=NCC(c1ccc(F)cc1)N1CCOCC1)NCCNC(=O)C(C)(C)C.I. The van der Waals surface area contributed by atoms with Gasteiger partial charge in [-0.2, -0.15) is 0 Å². The van der Waals surface area contributed by atoms with Crippen LogP contribution in [0.4, 0.5) is 4.39 Å². The summed E-state index contributed by atoms with van der Waals surface area (Å²) in [4.78, 5) is 19.1. The average molecular weight is 549 g/mol. The molecule has 1 heterocycles. The molecule has 1 aliphatic heterocycles. The third-order valence-corrected chi connectivity index (χ3v) is 4.89. The molecule has 0 aromatic heterocycles. The Hall–Kier alpha value is -1.46. The van der Waals surface area contributed by atoms with Gasteiger partial charge in [0.2, 0.25) is 5.91 Å². The van der Waals surface area contributed by atoms with Gasteiger partial charge in [0.25, 0.3) is 0 Å². The van der Waals surface area contributed by atoms with Gasteiger partial charge < -0.3 is 20.7 Å². The minimum absolute atomic E-state index is 0. The van der Waals surface area contributed by atoms with Crippen LogP contribution in [0.3, 0.4) is 0 Å². The van der Waals surface area contributed by atoms with Gasteiger partial charge in [-0.15, -0.1) is 24.0 Å². The number of ether oxygens (including phenoxy) is 1. The predicted molar refractivity (Wildman–Crippen MR) is 133 cm³/mol. The number of amides is 1. The number of carbonyl (C=O) groups is 1. The number of nitrogens with zero attached hydrogens (tertiary/aromatic N) is 2. The first-order valence-corrected chi connectivity index (χ1v) is 10.7. The van der Waals surface area contributed by atoms with Gasteiger partial charge >= 0.3 is 0 Å². The number of guanidine groups is 1. The maximum atomic E-state index is 13.4. The molecule has 1 unspecified atom stereocenters. The number of halogens is 2. The summed E-state index contributed by atoms with van der Waals surface area (Å²) in [5.41, 5.74) is 0.634. The number of hydrogen-bond donors (Lipinski definition) is 3. The standard InChI is InChI=1S/C22H36FN5O2.HI/c1-5-24-21(26-11-10-25-20(29)22(2,3)4)27-16-19(28-12-14-30-15-13-28)17-6-8-18(23)9-7-17;/h6-9,19H,5,10-16H2,1-4H3,(H,25,29)(H2,24,26,27);1H. The van der Waals surface area contributed by atoms with Crippen molar-refractivity contribution in [2.45, 2.75) is 33.7 Å². The van der Waals surface area contributed by atoms with E-state index in [2.05, 4.69) is 20.9 Å². The molecule has 1 aromatic carbocycles. The van der Waals surface area contributed by atoms with Crippen LogP contribution in [0.5, 0.6) is 0 Å². The van der Waals surface area contributed by atoms with Crippen molar-refractivity contribution in [2.75, 3.05) is 52.5 Å². The molecule has 1 amide bonds. The molecule has 176 valence electrons. The number of morpholine rings is 1. The predicted octanol–water partition coefficient (Wildman–Crippen LogP) is 2.53. The van der Waals surface area contributed by atoms with E-state index in [1.807, 2.05) is 39.8 Å². The number of nitrogens with one attached hydrogen (secondary N) is 3. The van der Waals surface area contributed by atoms with Crippen LogP contribution in [0.25, 0.3) is 0 Å². The lowest BCUT2D eigenvalue weighted by Crippen LogP contribution is -2.44. The van der Waals surface area contributed by atoms with Crippen molar-refractivity contribution < 1.29 is 13.9 Å². The van der Waals surface area contributed by atoms with Crippen molar-refractivity contribution in [2.24, 2.45) is 10.4 Å². The molecule has 31 heavy (non-hydrogen) atoms. The van der Waals surface area contributed by atoms with Gasteiger partial charge in [0.05, 0.1) is 25.8 Å². The Morgan fingerprint density at radius 2 is 1.74 bits per heavy atom. The Labute approximate surface area is 202 Å². The second kappa shape index (κ2) is 13.8. The molecule has 0 saturated carbocycles. The molecule has 1 aromatic rings. The first-order chi connectivity index (χ1) is 14.3. The van der Waals surface area contributed by atoms with Crippen molar-refractivity contribution in [3.8, 4) is 0 Å². The maximum Gasteiger partial charge on any atom is 0.225 e. The van der Waals surface area contributed by atoms with E-state index in [9.17, 15) is 9.18 Å². The normalized spacial score (nSPS) is 16.2. The van der Waals surface area contributed by atoms with Crippen molar-refractivity contribution in [3.05, 3.63) is 35.6 Å². The van der Waals surface area contributed by atoms with Crippen LogP contribution in [0.15, 0.2) is 29.3 Å². The van der Waals surface area contributed by atoms with E-state index in [4.69, 9.17) is 9.73 Å². The quantitative estimate of drug-likeness (QED) is 0.201. The minimum Gasteiger partial charge on any atom is -0.379 e. The van der Waals surface area contributed by atoms with Crippen LogP contribution < -0.4 is 16.0 Å². The van der Waals surface area contributed by atoms with Gasteiger partial charge in [-0.3, -0.25) is 14.7 Å². The second-order valence-corrected chi connectivity index (χ2v) is 8.37. The van der Waals surface area contributed by atoms with Crippen LogP contribution in [0.1, 0.15) is 39.3 Å². The van der Waals surface area contributed by atoms with E-state index in [1.54, 1.807) is 0 Å². The number of carbonyl (C=O) groups excluding carboxylic acids is 1. The van der Waals surface area contributed by atoms with Gasteiger partial charge in [-0.05, 0) is 24.6 Å². The van der Waals surface area contributed by atoms with Crippen LogP contribution >= 0.6 is 24.0 Å². The molecule has 2 rings (SSSR count). The smallest absolute Gasteiger partial charge is 0.225 e. The lowest BCUT2D eigenvalue weighted by Gasteiger charge is -2.34. The van der Waals surface area contributed by atoms with Crippen LogP contribution in [0, 0.1) is 11.2 Å². The van der Waals surface area contributed by atoms with Gasteiger partial charge in [-0.25, -0.2) is 4.39 Å². The molecule has 0 radical (unpaired) electrons. The highest BCUT2D eigenvalue weighted by atomic mass is 127. The summed E-state index contributed by atoms with van der Waals surface area (Å²) in [6.07, 6.45) is 0. The molecule has 7 nitrogen and oxygen atoms in total. The summed E-state index contributed by atoms with van der Waals surface area (Å²) in [6, 6.07) is 6.69. The van der Waals surface area contributed by atoms with E-state index >= 15 is 0 Å². The first kappa shape index (κ1) is 27.6. The van der Waals surface area contributed by atoms with Gasteiger partial charge in [0.15, 0.2) is 5.96 Å². The first-order valence-electron chi connectivity index (χ1n) is 10.7. The highest BCUT2D eigenvalue weighted by Gasteiger charge is 2.23. The molecule has 0 bridgehead atoms. The fourth-order valence-corrected chi connectivity index (χ4v) is 3.15. The summed E-state index contributed by atoms with van der Waals surface area (Å²) in [5, 5.41) is 9.44. The van der Waals surface area contributed by atoms with Crippen molar-refractivity contribution >= 4 is 35.8 Å². The topological polar surface area (TPSA) is 78.0 Å². The molecular formula is C22H37FIN5O2. The number of rotatable bonds is 8. The second-order valence-electron chi connectivity index (χ2n) is 8.37. The lowest BCUT2D eigenvalue weighted by atomic mass is 9.96. The average Bonchev–Trinajstić information content (AvgIpc) is 2.72. The van der Waals surface area contributed by atoms with Crippen molar-refractivity contribution in [1.82, 2.24) is 20.9 Å². The van der Waals surface area contributed by atoms with Crippen LogP contribution in [0.2, 0.25) is 0 Å². The fraction of sp³-hybridized carbons (Fsp3) is 0.636. The van der Waals surface area contributed by atoms with E-state index < -0.39 is 5.41 Å². The summed E-state index contributed by atoms with van der Waals surface area (Å²) < 4.78 is 18.9. The highest BCUT2D eigenvalue weighted by molar-refractivity contribution is 14.0. The van der Waals surface area contributed by atoms with Gasteiger partial charge in [-0.1, -0.05) is 32.9 Å². The van der Waals surface area contributed by atoms with E-state index in [0.29, 0.717) is 38.8 Å². The number of aliphatic imine (C=N–C) groups is 1. The molecule has 1 saturated heterocycles. The van der Waals surface area contributed by atoms with Crippen LogP contribution in [-0.4, -0.2) is 69.2 Å². The Bertz CT molecular complexity index is 688. The molecular weight excluding hydrogens is 512 g/mol. The summed E-state index contributed by atoms with van der Waals surface area (Å²) in [7, 11) is 0. The zero-order chi connectivity index (χ0) is 22.0. The Morgan fingerprint density at radius 3 is 2.32 bits per heavy atom. The highest BCUT2D eigenvalue weighted by Crippen LogP contribution is 2.22. The van der Waals surface area contributed by atoms with E-state index in [0.717, 1.165) is 25.2 Å². The molecule has 0 aliphatic carbocycles. The van der Waals surface area contributed by atoms with Gasteiger partial charge in [0, 0.05) is 38.1 Å².